The van der Waals surface area contributed by atoms with Gasteiger partial charge in [-0.05, 0) is 50.1 Å². The van der Waals surface area contributed by atoms with E-state index >= 15 is 0 Å². The van der Waals surface area contributed by atoms with E-state index in [-0.39, 0.29) is 36.4 Å². The molecule has 7 nitrogen and oxygen atoms in total. The van der Waals surface area contributed by atoms with Crippen molar-refractivity contribution in [2.45, 2.75) is 33.9 Å². The molecule has 0 spiro atoms. The van der Waals surface area contributed by atoms with E-state index in [0.29, 0.717) is 11.4 Å². The van der Waals surface area contributed by atoms with Gasteiger partial charge in [-0.2, -0.15) is 0 Å². The van der Waals surface area contributed by atoms with Crippen LogP contribution in [0.3, 0.4) is 0 Å². The molecule has 0 saturated carbocycles. The normalized spacial score (nSPS) is 10.6. The van der Waals surface area contributed by atoms with Gasteiger partial charge in [-0.25, -0.2) is 9.07 Å². The highest BCUT2D eigenvalue weighted by molar-refractivity contribution is 6.04. The van der Waals surface area contributed by atoms with Gasteiger partial charge in [0.05, 0.1) is 5.69 Å². The molecule has 0 aliphatic carbocycles. The van der Waals surface area contributed by atoms with E-state index in [1.807, 2.05) is 32.0 Å². The number of anilines is 1. The number of nitrogens with zero attached hydrogens (tertiary/aromatic N) is 3. The number of hydrogen-bond donors (Lipinski definition) is 2. The van der Waals surface area contributed by atoms with Gasteiger partial charge in [-0.1, -0.05) is 35.0 Å². The molecule has 3 rings (SSSR count). The van der Waals surface area contributed by atoms with Crippen LogP contribution in [0.15, 0.2) is 42.5 Å². The van der Waals surface area contributed by atoms with E-state index in [4.69, 9.17) is 0 Å². The smallest absolute Gasteiger partial charge is 0.278 e. The van der Waals surface area contributed by atoms with Crippen molar-refractivity contribution < 1.29 is 14.0 Å². The number of rotatable bonds is 6. The van der Waals surface area contributed by atoms with Crippen LogP contribution in [-0.2, 0) is 17.9 Å². The van der Waals surface area contributed by atoms with Crippen LogP contribution in [0.5, 0.6) is 0 Å². The van der Waals surface area contributed by atoms with Crippen molar-refractivity contribution in [3.8, 4) is 0 Å². The number of halogens is 1. The Hall–Kier alpha value is -3.55. The van der Waals surface area contributed by atoms with Crippen LogP contribution in [-0.4, -0.2) is 26.8 Å². The van der Waals surface area contributed by atoms with Gasteiger partial charge in [0.25, 0.3) is 5.91 Å². The fourth-order valence-corrected chi connectivity index (χ4v) is 2.85. The molecule has 0 bridgehead atoms. The molecule has 2 N–H and O–H groups in total. The van der Waals surface area contributed by atoms with E-state index in [1.54, 1.807) is 19.1 Å². The van der Waals surface area contributed by atoms with Crippen LogP contribution in [0.25, 0.3) is 0 Å². The summed E-state index contributed by atoms with van der Waals surface area (Å²) in [4.78, 5) is 24.7. The summed E-state index contributed by atoms with van der Waals surface area (Å²) in [5.41, 5.74) is 4.19. The minimum atomic E-state index is -0.382. The van der Waals surface area contributed by atoms with Crippen LogP contribution in [0, 0.1) is 26.6 Å². The fraction of sp³-hybridized carbons (Fsp3) is 0.238. The minimum absolute atomic E-state index is 0.0726. The van der Waals surface area contributed by atoms with E-state index in [2.05, 4.69) is 20.9 Å². The first-order valence-corrected chi connectivity index (χ1v) is 9.13. The lowest BCUT2D eigenvalue weighted by Gasteiger charge is -2.09. The zero-order valence-electron chi connectivity index (χ0n) is 16.5. The van der Waals surface area contributed by atoms with Crippen LogP contribution in [0.4, 0.5) is 10.1 Å². The molecule has 1 aromatic heterocycles. The summed E-state index contributed by atoms with van der Waals surface area (Å²) in [7, 11) is 0. The van der Waals surface area contributed by atoms with Crippen molar-refractivity contribution in [1.82, 2.24) is 20.3 Å². The van der Waals surface area contributed by atoms with Gasteiger partial charge < -0.3 is 10.6 Å². The number of amides is 2. The average molecular weight is 395 g/mol. The van der Waals surface area contributed by atoms with E-state index in [0.717, 1.165) is 16.7 Å². The molecule has 150 valence electrons. The Morgan fingerprint density at radius 3 is 2.48 bits per heavy atom. The Morgan fingerprint density at radius 1 is 1.07 bits per heavy atom. The lowest BCUT2D eigenvalue weighted by atomic mass is 10.1. The molecule has 0 aliphatic heterocycles. The second-order valence-electron chi connectivity index (χ2n) is 6.86. The van der Waals surface area contributed by atoms with Crippen LogP contribution in [0.1, 0.15) is 32.9 Å². The summed E-state index contributed by atoms with van der Waals surface area (Å²) in [6.45, 7) is 5.78. The van der Waals surface area contributed by atoms with Gasteiger partial charge in [0, 0.05) is 12.2 Å². The standard InChI is InChI=1S/C21H22FN5O2/c1-13-4-9-18(14(2)10-13)24-21(29)20-15(3)27(26-25-20)12-19(28)23-11-16-5-7-17(22)8-6-16/h4-10H,11-12H2,1-3H3,(H,23,28)(H,24,29). The molecule has 0 radical (unpaired) electrons. The first-order chi connectivity index (χ1) is 13.8. The summed E-state index contributed by atoms with van der Waals surface area (Å²) in [5, 5.41) is 13.4. The molecule has 0 unspecified atom stereocenters. The SMILES string of the molecule is Cc1ccc(NC(=O)c2nnn(CC(=O)NCc3ccc(F)cc3)c2C)c(C)c1. The van der Waals surface area contributed by atoms with Crippen molar-refractivity contribution in [2.24, 2.45) is 0 Å². The predicted molar refractivity (Wildman–Crippen MR) is 107 cm³/mol. The third-order valence-corrected chi connectivity index (χ3v) is 4.52. The van der Waals surface area contributed by atoms with Crippen LogP contribution < -0.4 is 10.6 Å². The van der Waals surface area contributed by atoms with Crippen molar-refractivity contribution >= 4 is 17.5 Å². The maximum atomic E-state index is 12.9. The van der Waals surface area contributed by atoms with E-state index in [1.165, 1.54) is 16.8 Å². The quantitative estimate of drug-likeness (QED) is 0.672. The zero-order chi connectivity index (χ0) is 21.0. The topological polar surface area (TPSA) is 88.9 Å². The second kappa shape index (κ2) is 8.64. The molecule has 8 heteroatoms. The Morgan fingerprint density at radius 2 is 1.79 bits per heavy atom. The largest absolute Gasteiger partial charge is 0.350 e. The van der Waals surface area contributed by atoms with Gasteiger partial charge in [0.15, 0.2) is 5.69 Å². The number of aryl methyl sites for hydroxylation is 2. The monoisotopic (exact) mass is 395 g/mol. The highest BCUT2D eigenvalue weighted by Gasteiger charge is 2.18. The molecular weight excluding hydrogens is 373 g/mol. The van der Waals surface area contributed by atoms with E-state index < -0.39 is 0 Å². The van der Waals surface area contributed by atoms with Crippen molar-refractivity contribution in [3.63, 3.8) is 0 Å². The van der Waals surface area contributed by atoms with Gasteiger partial charge in [0.1, 0.15) is 12.4 Å². The maximum absolute atomic E-state index is 12.9. The number of hydrogen-bond acceptors (Lipinski definition) is 4. The number of aromatic nitrogens is 3. The van der Waals surface area contributed by atoms with Crippen LogP contribution in [0.2, 0.25) is 0 Å². The minimum Gasteiger partial charge on any atom is -0.350 e. The summed E-state index contributed by atoms with van der Waals surface area (Å²) in [6.07, 6.45) is 0. The lowest BCUT2D eigenvalue weighted by molar-refractivity contribution is -0.122. The highest BCUT2D eigenvalue weighted by atomic mass is 19.1. The van der Waals surface area contributed by atoms with Gasteiger partial charge in [0.2, 0.25) is 5.91 Å². The molecule has 2 amide bonds. The summed E-state index contributed by atoms with van der Waals surface area (Å²) >= 11 is 0. The third kappa shape index (κ3) is 5.04. The first kappa shape index (κ1) is 20.2. The van der Waals surface area contributed by atoms with Gasteiger partial charge in [-0.15, -0.1) is 5.10 Å². The molecule has 2 aromatic carbocycles. The van der Waals surface area contributed by atoms with Gasteiger partial charge in [-0.3, -0.25) is 9.59 Å². The third-order valence-electron chi connectivity index (χ3n) is 4.52. The molecule has 0 fully saturated rings. The maximum Gasteiger partial charge on any atom is 0.278 e. The average Bonchev–Trinajstić information content (AvgIpc) is 3.04. The highest BCUT2D eigenvalue weighted by Crippen LogP contribution is 2.17. The number of carbonyl (C=O) groups is 2. The summed E-state index contributed by atoms with van der Waals surface area (Å²) < 4.78 is 14.3. The first-order valence-electron chi connectivity index (χ1n) is 9.13. The van der Waals surface area contributed by atoms with Crippen molar-refractivity contribution in [3.05, 3.63) is 76.4 Å². The van der Waals surface area contributed by atoms with Crippen molar-refractivity contribution in [1.29, 1.82) is 0 Å². The molecule has 0 atom stereocenters. The lowest BCUT2D eigenvalue weighted by Crippen LogP contribution is -2.28. The fourth-order valence-electron chi connectivity index (χ4n) is 2.85. The number of benzene rings is 2. The summed E-state index contributed by atoms with van der Waals surface area (Å²) in [5.74, 6) is -0.999. The number of carbonyl (C=O) groups excluding carboxylic acids is 2. The molecule has 0 aliphatic rings. The predicted octanol–water partition coefficient (Wildman–Crippen LogP) is 2.91. The molecule has 1 heterocycles. The van der Waals surface area contributed by atoms with Crippen molar-refractivity contribution in [2.75, 3.05) is 5.32 Å². The molecule has 0 saturated heterocycles. The Kier molecular flexibility index (Phi) is 6.01. The number of nitrogens with one attached hydrogen (secondary N) is 2. The second-order valence-corrected chi connectivity index (χ2v) is 6.86. The van der Waals surface area contributed by atoms with Gasteiger partial charge >= 0.3 is 0 Å². The summed E-state index contributed by atoms with van der Waals surface area (Å²) in [6, 6.07) is 11.6. The molecular formula is C21H22FN5O2. The Bertz CT molecular complexity index is 1040. The molecule has 3 aromatic rings. The Balaban J connectivity index is 1.61. The Labute approximate surface area is 167 Å². The van der Waals surface area contributed by atoms with Crippen LogP contribution >= 0.6 is 0 Å². The van der Waals surface area contributed by atoms with E-state index in [9.17, 15) is 14.0 Å². The zero-order valence-corrected chi connectivity index (χ0v) is 16.5. The molecule has 29 heavy (non-hydrogen) atoms.